The molecule has 0 saturated carbocycles. The molecule has 0 amide bonds. The molecule has 4 heteroatoms. The van der Waals surface area contributed by atoms with Gasteiger partial charge in [-0.2, -0.15) is 0 Å². The highest BCUT2D eigenvalue weighted by atomic mass is 79.9. The number of hydrogen-bond donors (Lipinski definition) is 1. The Bertz CT molecular complexity index is 594. The summed E-state index contributed by atoms with van der Waals surface area (Å²) in [5, 5.41) is 4.45. The Morgan fingerprint density at radius 1 is 1.25 bits per heavy atom. The molecule has 1 N–H and O–H groups in total. The fourth-order valence-electron chi connectivity index (χ4n) is 2.16. The lowest BCUT2D eigenvalue weighted by Gasteiger charge is -2.20. The van der Waals surface area contributed by atoms with Crippen molar-refractivity contribution < 1.29 is 0 Å². The van der Waals surface area contributed by atoms with Crippen LogP contribution in [0.2, 0.25) is 5.02 Å². The summed E-state index contributed by atoms with van der Waals surface area (Å²) in [4.78, 5) is 1.29. The Labute approximate surface area is 138 Å². The maximum atomic E-state index is 6.48. The van der Waals surface area contributed by atoms with Crippen molar-refractivity contribution >= 4 is 38.9 Å². The number of rotatable bonds is 5. The van der Waals surface area contributed by atoms with Crippen molar-refractivity contribution in [3.05, 3.63) is 54.6 Å². The third-order valence-corrected chi connectivity index (χ3v) is 5.42. The largest absolute Gasteiger partial charge is 0.306 e. The lowest BCUT2D eigenvalue weighted by molar-refractivity contribution is 0.605. The molecular weight excluding hydrogens is 354 g/mol. The summed E-state index contributed by atoms with van der Waals surface area (Å²) in [6, 6.07) is 8.69. The van der Waals surface area contributed by atoms with Crippen molar-refractivity contribution in [3.63, 3.8) is 0 Å². The van der Waals surface area contributed by atoms with Crippen LogP contribution >= 0.6 is 38.9 Å². The van der Waals surface area contributed by atoms with Crippen molar-refractivity contribution in [1.82, 2.24) is 5.32 Å². The van der Waals surface area contributed by atoms with Crippen LogP contribution in [0.25, 0.3) is 0 Å². The van der Waals surface area contributed by atoms with Crippen LogP contribution in [0.3, 0.4) is 0 Å². The SMILES string of the molecule is CCCNC(c1ccc(Br)s1)c1cc(C)c(C)cc1Cl. The topological polar surface area (TPSA) is 12.0 Å². The molecule has 1 aromatic heterocycles. The van der Waals surface area contributed by atoms with Gasteiger partial charge in [0, 0.05) is 9.90 Å². The minimum absolute atomic E-state index is 0.165. The molecule has 1 aromatic carbocycles. The lowest BCUT2D eigenvalue weighted by Crippen LogP contribution is -2.22. The highest BCUT2D eigenvalue weighted by Gasteiger charge is 2.19. The quantitative estimate of drug-likeness (QED) is 0.692. The molecule has 1 unspecified atom stereocenters. The minimum Gasteiger partial charge on any atom is -0.306 e. The Morgan fingerprint density at radius 3 is 2.55 bits per heavy atom. The van der Waals surface area contributed by atoms with Gasteiger partial charge >= 0.3 is 0 Å². The maximum absolute atomic E-state index is 6.48. The van der Waals surface area contributed by atoms with Gasteiger partial charge in [0.1, 0.15) is 0 Å². The monoisotopic (exact) mass is 371 g/mol. The summed E-state index contributed by atoms with van der Waals surface area (Å²) in [5.41, 5.74) is 3.68. The molecule has 0 spiro atoms. The summed E-state index contributed by atoms with van der Waals surface area (Å²) in [6.45, 7) is 7.39. The molecular formula is C16H19BrClNS. The Hall–Kier alpha value is -0.350. The summed E-state index contributed by atoms with van der Waals surface area (Å²) < 4.78 is 1.15. The van der Waals surface area contributed by atoms with E-state index in [1.807, 2.05) is 0 Å². The molecule has 20 heavy (non-hydrogen) atoms. The highest BCUT2D eigenvalue weighted by molar-refractivity contribution is 9.11. The van der Waals surface area contributed by atoms with Crippen LogP contribution in [0.1, 0.15) is 41.0 Å². The molecule has 0 aliphatic heterocycles. The first-order valence-electron chi connectivity index (χ1n) is 6.78. The van der Waals surface area contributed by atoms with Gasteiger partial charge in [-0.3, -0.25) is 0 Å². The van der Waals surface area contributed by atoms with Crippen molar-refractivity contribution in [2.24, 2.45) is 0 Å². The van der Waals surface area contributed by atoms with E-state index < -0.39 is 0 Å². The second kappa shape index (κ2) is 7.08. The first-order valence-corrected chi connectivity index (χ1v) is 8.77. The van der Waals surface area contributed by atoms with Crippen molar-refractivity contribution in [2.45, 2.75) is 33.2 Å². The summed E-state index contributed by atoms with van der Waals surface area (Å²) >= 11 is 11.8. The second-order valence-corrected chi connectivity index (χ2v) is 7.89. The third kappa shape index (κ3) is 3.64. The third-order valence-electron chi connectivity index (χ3n) is 3.40. The van der Waals surface area contributed by atoms with E-state index >= 15 is 0 Å². The van der Waals surface area contributed by atoms with E-state index in [0.717, 1.165) is 27.3 Å². The van der Waals surface area contributed by atoms with E-state index in [-0.39, 0.29) is 6.04 Å². The molecule has 0 radical (unpaired) electrons. The van der Waals surface area contributed by atoms with Crippen LogP contribution in [-0.4, -0.2) is 6.54 Å². The van der Waals surface area contributed by atoms with Crippen LogP contribution in [0.5, 0.6) is 0 Å². The molecule has 0 fully saturated rings. The molecule has 2 aromatic rings. The molecule has 0 aliphatic rings. The first-order chi connectivity index (χ1) is 9.52. The summed E-state index contributed by atoms with van der Waals surface area (Å²) in [5.74, 6) is 0. The van der Waals surface area contributed by atoms with Gasteiger partial charge in [0.25, 0.3) is 0 Å². The fraction of sp³-hybridized carbons (Fsp3) is 0.375. The Morgan fingerprint density at radius 2 is 1.95 bits per heavy atom. The molecule has 0 aliphatic carbocycles. The number of aryl methyl sites for hydroxylation is 2. The Kier molecular flexibility index (Phi) is 5.67. The van der Waals surface area contributed by atoms with Gasteiger partial charge in [0.05, 0.1) is 9.83 Å². The maximum Gasteiger partial charge on any atom is 0.0702 e. The number of thiophene rings is 1. The molecule has 0 bridgehead atoms. The van der Waals surface area contributed by atoms with E-state index in [0.29, 0.717) is 0 Å². The molecule has 1 atom stereocenters. The number of nitrogens with one attached hydrogen (secondary N) is 1. The van der Waals surface area contributed by atoms with Crippen LogP contribution in [0.15, 0.2) is 28.1 Å². The van der Waals surface area contributed by atoms with Crippen molar-refractivity contribution in [2.75, 3.05) is 6.54 Å². The van der Waals surface area contributed by atoms with Gasteiger partial charge in [-0.15, -0.1) is 11.3 Å². The highest BCUT2D eigenvalue weighted by Crippen LogP contribution is 2.35. The second-order valence-electron chi connectivity index (χ2n) is 4.99. The van der Waals surface area contributed by atoms with Crippen LogP contribution in [0.4, 0.5) is 0 Å². The normalized spacial score (nSPS) is 12.7. The van der Waals surface area contributed by atoms with Gasteiger partial charge in [-0.1, -0.05) is 24.6 Å². The molecule has 1 nitrogen and oxygen atoms in total. The van der Waals surface area contributed by atoms with Gasteiger partial charge in [-0.25, -0.2) is 0 Å². The van der Waals surface area contributed by atoms with E-state index in [1.54, 1.807) is 11.3 Å². The van der Waals surface area contributed by atoms with E-state index in [2.05, 4.69) is 66.3 Å². The number of benzene rings is 1. The van der Waals surface area contributed by atoms with E-state index in [4.69, 9.17) is 11.6 Å². The molecule has 1 heterocycles. The number of halogens is 2. The zero-order valence-electron chi connectivity index (χ0n) is 12.0. The standard InChI is InChI=1S/C16H19BrClNS/c1-4-7-19-16(14-5-6-15(17)20-14)12-8-10(2)11(3)9-13(12)18/h5-6,8-9,16,19H,4,7H2,1-3H3. The van der Waals surface area contributed by atoms with Gasteiger partial charge < -0.3 is 5.32 Å². The average Bonchev–Trinajstić information content (AvgIpc) is 2.82. The van der Waals surface area contributed by atoms with Crippen molar-refractivity contribution in [3.8, 4) is 0 Å². The number of hydrogen-bond acceptors (Lipinski definition) is 2. The first kappa shape index (κ1) is 16.0. The van der Waals surface area contributed by atoms with Gasteiger partial charge in [-0.05, 0) is 77.6 Å². The summed E-state index contributed by atoms with van der Waals surface area (Å²) in [7, 11) is 0. The van der Waals surface area contributed by atoms with Crippen LogP contribution in [0, 0.1) is 13.8 Å². The van der Waals surface area contributed by atoms with Crippen molar-refractivity contribution in [1.29, 1.82) is 0 Å². The van der Waals surface area contributed by atoms with Gasteiger partial charge in [0.2, 0.25) is 0 Å². The molecule has 108 valence electrons. The summed E-state index contributed by atoms with van der Waals surface area (Å²) in [6.07, 6.45) is 1.10. The molecule has 2 rings (SSSR count). The smallest absolute Gasteiger partial charge is 0.0702 e. The van der Waals surface area contributed by atoms with E-state index in [9.17, 15) is 0 Å². The lowest BCUT2D eigenvalue weighted by atomic mass is 9.99. The Balaban J connectivity index is 2.43. The van der Waals surface area contributed by atoms with Gasteiger partial charge in [0.15, 0.2) is 0 Å². The predicted octanol–water partition coefficient (Wildman–Crippen LogP) is 5.87. The zero-order valence-corrected chi connectivity index (χ0v) is 15.1. The minimum atomic E-state index is 0.165. The van der Waals surface area contributed by atoms with E-state index in [1.165, 1.54) is 16.0 Å². The average molecular weight is 373 g/mol. The predicted molar refractivity (Wildman–Crippen MR) is 93.1 cm³/mol. The van der Waals surface area contributed by atoms with Crippen LogP contribution < -0.4 is 5.32 Å². The zero-order chi connectivity index (χ0) is 14.7. The molecule has 0 saturated heterocycles. The fourth-order valence-corrected chi connectivity index (χ4v) is 4.01. The van der Waals surface area contributed by atoms with Crippen LogP contribution in [-0.2, 0) is 0 Å².